The van der Waals surface area contributed by atoms with Crippen LogP contribution in [-0.4, -0.2) is 42.0 Å². The number of unbranched alkanes of at least 4 members (excludes halogenated alkanes) is 12. The Hall–Kier alpha value is -1.16. The molecule has 4 heteroatoms. The van der Waals surface area contributed by atoms with Crippen LogP contribution in [0.2, 0.25) is 0 Å². The number of allylic oxidation sites excluding steroid dienone is 2. The first-order valence-electron chi connectivity index (χ1n) is 13.4. The third-order valence-electron chi connectivity index (χ3n) is 6.94. The molecule has 0 aliphatic carbocycles. The number of hydrogen-bond acceptors (Lipinski definition) is 2. The Kier molecular flexibility index (Phi) is 15.6. The molecule has 1 aliphatic heterocycles. The molecule has 1 heterocycles. The normalized spacial score (nSPS) is 19.7. The van der Waals surface area contributed by atoms with Gasteiger partial charge in [-0.2, -0.15) is 0 Å². The van der Waals surface area contributed by atoms with Gasteiger partial charge < -0.3 is 5.32 Å². The highest BCUT2D eigenvalue weighted by Gasteiger charge is 2.41. The molecule has 0 radical (unpaired) electrons. The fourth-order valence-electron chi connectivity index (χ4n) is 4.90. The van der Waals surface area contributed by atoms with E-state index in [0.29, 0.717) is 0 Å². The quantitative estimate of drug-likeness (QED) is 0.131. The number of likely N-dealkylation sites (N-methyl/N-ethyl adjacent to an activating group) is 1. The van der Waals surface area contributed by atoms with Crippen LogP contribution in [-0.2, 0) is 4.79 Å². The SMILES string of the molecule is CCCC/C=C/CCCCCCCCCCCCC1=NCC[N+]1(CC)C(C)NC(C)=O. The van der Waals surface area contributed by atoms with Crippen LogP contribution in [0.4, 0.5) is 0 Å². The zero-order valence-electron chi connectivity index (χ0n) is 21.3. The van der Waals surface area contributed by atoms with Gasteiger partial charge in [0.05, 0.1) is 13.1 Å². The van der Waals surface area contributed by atoms with Gasteiger partial charge in [-0.15, -0.1) is 0 Å². The number of nitrogens with one attached hydrogen (secondary N) is 1. The predicted molar refractivity (Wildman–Crippen MR) is 135 cm³/mol. The number of aliphatic imine (C=N–C) groups is 1. The number of amidine groups is 1. The average Bonchev–Trinajstić information content (AvgIpc) is 3.17. The molecule has 4 nitrogen and oxygen atoms in total. The van der Waals surface area contributed by atoms with Gasteiger partial charge in [0.25, 0.3) is 0 Å². The van der Waals surface area contributed by atoms with Crippen molar-refractivity contribution in [2.24, 2.45) is 4.99 Å². The standard InChI is InChI=1S/C27H51N3O/c1-5-7-8-9-10-11-12-13-14-15-16-17-18-19-20-21-22-27-28-23-24-30(27,6-2)25(3)29-26(4)31/h9-10,25H,5-8,11-24H2,1-4H3/p+1/b10-9+. The van der Waals surface area contributed by atoms with Crippen LogP contribution in [0.15, 0.2) is 17.1 Å². The van der Waals surface area contributed by atoms with Crippen molar-refractivity contribution in [1.29, 1.82) is 0 Å². The molecule has 0 saturated carbocycles. The zero-order valence-corrected chi connectivity index (χ0v) is 21.3. The summed E-state index contributed by atoms with van der Waals surface area (Å²) >= 11 is 0. The number of hydrogen-bond donors (Lipinski definition) is 1. The molecule has 0 aromatic carbocycles. The molecule has 1 amide bonds. The van der Waals surface area contributed by atoms with Gasteiger partial charge in [0, 0.05) is 20.3 Å². The van der Waals surface area contributed by atoms with Crippen molar-refractivity contribution in [2.45, 2.75) is 130 Å². The van der Waals surface area contributed by atoms with Gasteiger partial charge in [0.2, 0.25) is 5.91 Å². The Labute approximate surface area is 193 Å². The average molecular weight is 435 g/mol. The van der Waals surface area contributed by atoms with Crippen LogP contribution in [0.3, 0.4) is 0 Å². The Morgan fingerprint density at radius 2 is 1.48 bits per heavy atom. The van der Waals surface area contributed by atoms with E-state index in [9.17, 15) is 4.79 Å². The molecule has 1 rings (SSSR count). The van der Waals surface area contributed by atoms with Gasteiger partial charge in [-0.3, -0.25) is 9.28 Å². The molecular weight excluding hydrogens is 382 g/mol. The van der Waals surface area contributed by atoms with Crippen LogP contribution in [0.1, 0.15) is 124 Å². The summed E-state index contributed by atoms with van der Waals surface area (Å²) in [6.07, 6.45) is 24.8. The Balaban J connectivity index is 2.02. The van der Waals surface area contributed by atoms with E-state index in [2.05, 4.69) is 38.2 Å². The van der Waals surface area contributed by atoms with E-state index >= 15 is 0 Å². The Morgan fingerprint density at radius 3 is 2.03 bits per heavy atom. The number of carbonyl (C=O) groups is 1. The molecular formula is C27H52N3O+. The molecule has 180 valence electrons. The summed E-state index contributed by atoms with van der Waals surface area (Å²) in [4.78, 5) is 16.4. The highest BCUT2D eigenvalue weighted by Crippen LogP contribution is 2.23. The van der Waals surface area contributed by atoms with Crippen LogP contribution >= 0.6 is 0 Å². The van der Waals surface area contributed by atoms with Gasteiger partial charge in [-0.1, -0.05) is 83.3 Å². The number of amides is 1. The summed E-state index contributed by atoms with van der Waals surface area (Å²) in [5.41, 5.74) is 0. The minimum absolute atomic E-state index is 0.0592. The van der Waals surface area contributed by atoms with Gasteiger partial charge in [-0.25, -0.2) is 4.99 Å². The largest absolute Gasteiger partial charge is 0.307 e. The van der Waals surface area contributed by atoms with E-state index in [0.717, 1.165) is 30.5 Å². The van der Waals surface area contributed by atoms with Crippen LogP contribution < -0.4 is 5.32 Å². The number of nitrogens with zero attached hydrogens (tertiary/aromatic N) is 2. The summed E-state index contributed by atoms with van der Waals surface area (Å²) < 4.78 is 0.855. The van der Waals surface area contributed by atoms with Gasteiger partial charge in [-0.05, 0) is 32.6 Å². The molecule has 0 bridgehead atoms. The van der Waals surface area contributed by atoms with E-state index < -0.39 is 0 Å². The van der Waals surface area contributed by atoms with Gasteiger partial charge in [0.1, 0.15) is 6.54 Å². The van der Waals surface area contributed by atoms with Crippen LogP contribution in [0.25, 0.3) is 0 Å². The second-order valence-corrected chi connectivity index (χ2v) is 9.44. The molecule has 0 saturated heterocycles. The first kappa shape index (κ1) is 27.9. The van der Waals surface area contributed by atoms with Crippen molar-refractivity contribution in [2.75, 3.05) is 19.6 Å². The Bertz CT molecular complexity index is 529. The summed E-state index contributed by atoms with van der Waals surface area (Å²) in [6, 6.07) is 0. The summed E-state index contributed by atoms with van der Waals surface area (Å²) in [5, 5.41) is 3.11. The maximum absolute atomic E-state index is 11.5. The highest BCUT2D eigenvalue weighted by atomic mass is 16.1. The van der Waals surface area contributed by atoms with E-state index in [1.54, 1.807) is 6.92 Å². The molecule has 2 atom stereocenters. The summed E-state index contributed by atoms with van der Waals surface area (Å²) in [7, 11) is 0. The van der Waals surface area contributed by atoms with E-state index in [1.807, 2.05) is 0 Å². The van der Waals surface area contributed by atoms with Crippen molar-refractivity contribution in [3.63, 3.8) is 0 Å². The molecule has 1 aliphatic rings. The summed E-state index contributed by atoms with van der Waals surface area (Å²) in [5.74, 6) is 1.37. The maximum Gasteiger partial charge on any atom is 0.221 e. The molecule has 0 aromatic heterocycles. The first-order chi connectivity index (χ1) is 15.1. The lowest BCUT2D eigenvalue weighted by molar-refractivity contribution is -0.861. The third-order valence-corrected chi connectivity index (χ3v) is 6.94. The smallest absolute Gasteiger partial charge is 0.221 e. The van der Waals surface area contributed by atoms with E-state index in [4.69, 9.17) is 4.99 Å². The third kappa shape index (κ3) is 11.3. The number of quaternary nitrogens is 1. The molecule has 31 heavy (non-hydrogen) atoms. The zero-order chi connectivity index (χ0) is 22.8. The van der Waals surface area contributed by atoms with Crippen molar-refractivity contribution in [3.05, 3.63) is 12.2 Å². The number of carbonyl (C=O) groups excluding carboxylic acids is 1. The topological polar surface area (TPSA) is 41.5 Å². The van der Waals surface area contributed by atoms with Gasteiger partial charge >= 0.3 is 0 Å². The van der Waals surface area contributed by atoms with E-state index in [1.165, 1.54) is 95.7 Å². The van der Waals surface area contributed by atoms with Crippen molar-refractivity contribution in [3.8, 4) is 0 Å². The van der Waals surface area contributed by atoms with E-state index in [-0.39, 0.29) is 12.1 Å². The maximum atomic E-state index is 11.5. The predicted octanol–water partition coefficient (Wildman–Crippen LogP) is 7.14. The molecule has 0 aromatic rings. The minimum atomic E-state index is 0.0592. The molecule has 0 spiro atoms. The molecule has 2 unspecified atom stereocenters. The van der Waals surface area contributed by atoms with Crippen molar-refractivity contribution in [1.82, 2.24) is 5.32 Å². The second kappa shape index (κ2) is 17.4. The van der Waals surface area contributed by atoms with Crippen molar-refractivity contribution >= 4 is 11.7 Å². The lowest BCUT2D eigenvalue weighted by atomic mass is 10.0. The molecule has 1 N–H and O–H groups in total. The summed E-state index contributed by atoms with van der Waals surface area (Å²) in [6.45, 7) is 11.2. The fraction of sp³-hybridized carbons (Fsp3) is 0.852. The fourth-order valence-corrected chi connectivity index (χ4v) is 4.90. The lowest BCUT2D eigenvalue weighted by Crippen LogP contribution is -2.62. The minimum Gasteiger partial charge on any atom is -0.307 e. The number of rotatable bonds is 19. The van der Waals surface area contributed by atoms with Gasteiger partial charge in [0.15, 0.2) is 12.0 Å². The monoisotopic (exact) mass is 434 g/mol. The van der Waals surface area contributed by atoms with Crippen molar-refractivity contribution < 1.29 is 9.28 Å². The first-order valence-corrected chi connectivity index (χ1v) is 13.4. The molecule has 0 fully saturated rings. The highest BCUT2D eigenvalue weighted by molar-refractivity contribution is 5.78. The van der Waals surface area contributed by atoms with Crippen LogP contribution in [0.5, 0.6) is 0 Å². The Morgan fingerprint density at radius 1 is 0.935 bits per heavy atom. The van der Waals surface area contributed by atoms with Crippen LogP contribution in [0, 0.1) is 0 Å². The second-order valence-electron chi connectivity index (χ2n) is 9.44. The lowest BCUT2D eigenvalue weighted by Gasteiger charge is -2.39.